The number of allylic oxidation sites excluding steroid dienone is 1. The fourth-order valence-electron chi connectivity index (χ4n) is 3.97. The van der Waals surface area contributed by atoms with Gasteiger partial charge in [-0.25, -0.2) is 21.9 Å². The Bertz CT molecular complexity index is 1680. The number of carbonyl (C=O) groups is 1. The minimum Gasteiger partial charge on any atom is -0.317 e. The number of fused-ring (bicyclic) bond motifs is 1. The number of hydrogen-bond donors (Lipinski definition) is 2. The number of pyridine rings is 1. The second-order valence-corrected chi connectivity index (χ2v) is 11.5. The average Bonchev–Trinajstić information content (AvgIpc) is 2.87. The van der Waals surface area contributed by atoms with Gasteiger partial charge in [-0.3, -0.25) is 9.78 Å². The maximum absolute atomic E-state index is 15.0. The number of hydrogen-bond acceptors (Lipinski definition) is 4. The second kappa shape index (κ2) is 10.4. The van der Waals surface area contributed by atoms with Crippen LogP contribution >= 0.6 is 0 Å². The Kier molecular flexibility index (Phi) is 7.44. The van der Waals surface area contributed by atoms with Gasteiger partial charge < -0.3 is 5.32 Å². The lowest BCUT2D eigenvalue weighted by molar-refractivity contribution is -0.114. The van der Waals surface area contributed by atoms with Crippen molar-refractivity contribution in [3.63, 3.8) is 0 Å². The zero-order chi connectivity index (χ0) is 27.7. The van der Waals surface area contributed by atoms with E-state index in [9.17, 15) is 13.2 Å². The Morgan fingerprint density at radius 3 is 2.39 bits per heavy atom. The summed E-state index contributed by atoms with van der Waals surface area (Å²) in [5.41, 5.74) is 0.204. The summed E-state index contributed by atoms with van der Waals surface area (Å²) in [6.07, 6.45) is 3.29. The lowest BCUT2D eigenvalue weighted by Crippen LogP contribution is -2.40. The van der Waals surface area contributed by atoms with E-state index in [1.54, 1.807) is 69.6 Å². The molecular formula is C29H27F2N3O3S. The molecule has 0 atom stereocenters. The first-order valence-corrected chi connectivity index (χ1v) is 13.3. The molecule has 6 nitrogen and oxygen atoms in total. The number of anilines is 1. The fraction of sp³-hybridized carbons (Fsp3) is 0.172. The lowest BCUT2D eigenvalue weighted by atomic mass is 10.0. The summed E-state index contributed by atoms with van der Waals surface area (Å²) in [5.74, 6) is -2.99. The molecule has 0 aliphatic heterocycles. The summed E-state index contributed by atoms with van der Waals surface area (Å²) in [6, 6.07) is 17.1. The molecule has 0 bridgehead atoms. The Morgan fingerprint density at radius 1 is 0.947 bits per heavy atom. The molecule has 3 aromatic carbocycles. The predicted molar refractivity (Wildman–Crippen MR) is 146 cm³/mol. The van der Waals surface area contributed by atoms with Crippen LogP contribution in [-0.2, 0) is 14.8 Å². The van der Waals surface area contributed by atoms with Crippen LogP contribution in [0.4, 0.5) is 14.5 Å². The van der Waals surface area contributed by atoms with E-state index in [1.165, 1.54) is 25.1 Å². The van der Waals surface area contributed by atoms with Crippen LogP contribution in [0.15, 0.2) is 89.8 Å². The Hall–Kier alpha value is -3.95. The highest BCUT2D eigenvalue weighted by molar-refractivity contribution is 7.89. The van der Waals surface area contributed by atoms with Crippen LogP contribution in [0.1, 0.15) is 33.3 Å². The van der Waals surface area contributed by atoms with Crippen LogP contribution in [0, 0.1) is 5.82 Å². The van der Waals surface area contributed by atoms with Gasteiger partial charge >= 0.3 is 0 Å². The maximum atomic E-state index is 15.0. The van der Waals surface area contributed by atoms with E-state index in [0.717, 1.165) is 16.8 Å². The van der Waals surface area contributed by atoms with Crippen molar-refractivity contribution in [2.45, 2.75) is 38.1 Å². The van der Waals surface area contributed by atoms with Gasteiger partial charge in [-0.15, -0.1) is 0 Å². The van der Waals surface area contributed by atoms with Gasteiger partial charge in [0.25, 0.3) is 5.91 Å². The summed E-state index contributed by atoms with van der Waals surface area (Å²) >= 11 is 0. The number of nitrogens with zero attached hydrogens (tertiary/aromatic N) is 1. The third-order valence-corrected chi connectivity index (χ3v) is 7.56. The highest BCUT2D eigenvalue weighted by Crippen LogP contribution is 2.31. The number of aromatic nitrogens is 1. The molecule has 1 amide bonds. The molecule has 1 heterocycles. The maximum Gasteiger partial charge on any atom is 0.284 e. The lowest BCUT2D eigenvalue weighted by Gasteiger charge is -2.21. The number of sulfonamides is 1. The molecule has 0 aliphatic rings. The Balaban J connectivity index is 1.60. The summed E-state index contributed by atoms with van der Waals surface area (Å²) in [4.78, 5) is 16.6. The van der Waals surface area contributed by atoms with Gasteiger partial charge in [0.2, 0.25) is 10.0 Å². The standard InChI is InChI=1S/C29H27F2N3O3S/c1-18(20-10-9-19-13-14-32-17-22(19)15-20)27(31)28(35)33-25-12-11-21(16-24(25)30)23-7-5-6-8-26(23)38(36,37)34-29(2,3)4/h5-17,34H,1-4H3,(H,33,35)/b27-18-. The molecule has 9 heteroatoms. The van der Waals surface area contributed by atoms with E-state index in [2.05, 4.69) is 15.0 Å². The molecule has 0 saturated heterocycles. The fourth-order valence-corrected chi connectivity index (χ4v) is 5.62. The minimum absolute atomic E-state index is 0.0127. The zero-order valence-corrected chi connectivity index (χ0v) is 22.2. The number of benzene rings is 3. The van der Waals surface area contributed by atoms with Crippen molar-refractivity contribution in [1.29, 1.82) is 0 Å². The molecule has 0 aliphatic carbocycles. The van der Waals surface area contributed by atoms with E-state index >= 15 is 8.78 Å². The van der Waals surface area contributed by atoms with Gasteiger partial charge in [-0.2, -0.15) is 0 Å². The molecule has 0 saturated carbocycles. The number of halogens is 2. The van der Waals surface area contributed by atoms with Crippen molar-refractivity contribution in [2.75, 3.05) is 5.32 Å². The van der Waals surface area contributed by atoms with Crippen LogP contribution in [0.2, 0.25) is 0 Å². The second-order valence-electron chi connectivity index (χ2n) is 9.88. The van der Waals surface area contributed by atoms with E-state index in [-0.39, 0.29) is 27.3 Å². The van der Waals surface area contributed by atoms with Crippen LogP contribution < -0.4 is 10.0 Å². The van der Waals surface area contributed by atoms with Crippen LogP contribution in [-0.4, -0.2) is 24.8 Å². The monoisotopic (exact) mass is 535 g/mol. The molecule has 1 aromatic heterocycles. The van der Waals surface area contributed by atoms with Crippen LogP contribution in [0.25, 0.3) is 27.5 Å². The normalized spacial score (nSPS) is 12.8. The van der Waals surface area contributed by atoms with E-state index in [1.807, 2.05) is 6.07 Å². The Labute approximate surface area is 220 Å². The molecule has 4 rings (SSSR count). The van der Waals surface area contributed by atoms with Crippen molar-refractivity contribution < 1.29 is 22.0 Å². The topological polar surface area (TPSA) is 88.2 Å². The third-order valence-electron chi connectivity index (χ3n) is 5.75. The van der Waals surface area contributed by atoms with Crippen molar-refractivity contribution in [3.8, 4) is 11.1 Å². The molecule has 0 spiro atoms. The summed E-state index contributed by atoms with van der Waals surface area (Å²) in [7, 11) is -3.90. The van der Waals surface area contributed by atoms with Crippen molar-refractivity contribution in [3.05, 3.63) is 96.3 Å². The largest absolute Gasteiger partial charge is 0.317 e. The Morgan fingerprint density at radius 2 is 1.68 bits per heavy atom. The molecule has 4 aromatic rings. The highest BCUT2D eigenvalue weighted by atomic mass is 32.2. The number of rotatable bonds is 6. The van der Waals surface area contributed by atoms with Crippen molar-refractivity contribution in [2.24, 2.45) is 0 Å². The van der Waals surface area contributed by atoms with E-state index in [0.29, 0.717) is 5.56 Å². The summed E-state index contributed by atoms with van der Waals surface area (Å²) in [6.45, 7) is 6.62. The number of amides is 1. The van der Waals surface area contributed by atoms with Crippen molar-refractivity contribution >= 4 is 38.0 Å². The molecule has 0 unspecified atom stereocenters. The first-order chi connectivity index (χ1) is 17.9. The predicted octanol–water partition coefficient (Wildman–Crippen LogP) is 6.46. The summed E-state index contributed by atoms with van der Waals surface area (Å²) in [5, 5.41) is 3.98. The zero-order valence-electron chi connectivity index (χ0n) is 21.3. The van der Waals surface area contributed by atoms with Crippen molar-refractivity contribution in [1.82, 2.24) is 9.71 Å². The first kappa shape index (κ1) is 27.1. The highest BCUT2D eigenvalue weighted by Gasteiger charge is 2.25. The third kappa shape index (κ3) is 5.95. The molecule has 0 radical (unpaired) electrons. The number of carbonyl (C=O) groups excluding carboxylic acids is 1. The smallest absolute Gasteiger partial charge is 0.284 e. The molecule has 2 N–H and O–H groups in total. The first-order valence-electron chi connectivity index (χ1n) is 11.8. The van der Waals surface area contributed by atoms with E-state index < -0.39 is 33.1 Å². The van der Waals surface area contributed by atoms with Gasteiger partial charge in [-0.05, 0) is 80.1 Å². The SMILES string of the molecule is C/C(=C(/F)C(=O)Nc1ccc(-c2ccccc2S(=O)(=O)NC(C)(C)C)cc1F)c1ccc2ccncc2c1. The molecule has 196 valence electrons. The van der Waals surface area contributed by atoms with Gasteiger partial charge in [0, 0.05) is 28.9 Å². The van der Waals surface area contributed by atoms with Crippen LogP contribution in [0.3, 0.4) is 0 Å². The van der Waals surface area contributed by atoms with Crippen LogP contribution in [0.5, 0.6) is 0 Å². The minimum atomic E-state index is -3.90. The van der Waals surface area contributed by atoms with Gasteiger partial charge in [0.15, 0.2) is 5.83 Å². The molecule has 0 fully saturated rings. The van der Waals surface area contributed by atoms with Gasteiger partial charge in [0.1, 0.15) is 5.82 Å². The number of nitrogens with one attached hydrogen (secondary N) is 2. The van der Waals surface area contributed by atoms with E-state index in [4.69, 9.17) is 0 Å². The van der Waals surface area contributed by atoms with Gasteiger partial charge in [0.05, 0.1) is 10.6 Å². The van der Waals surface area contributed by atoms with Gasteiger partial charge in [-0.1, -0.05) is 36.4 Å². The molecular weight excluding hydrogens is 508 g/mol. The summed E-state index contributed by atoms with van der Waals surface area (Å²) < 4.78 is 58.5. The average molecular weight is 536 g/mol. The molecule has 38 heavy (non-hydrogen) atoms. The quantitative estimate of drug-likeness (QED) is 0.278.